The van der Waals surface area contributed by atoms with E-state index in [0.717, 1.165) is 45.3 Å². The van der Waals surface area contributed by atoms with E-state index in [1.807, 2.05) is 0 Å². The molecule has 5 aromatic carbocycles. The Bertz CT molecular complexity index is 5290. The second-order valence-corrected chi connectivity index (χ2v) is 39.5. The number of hydrogen-bond donors (Lipinski definition) is 4. The van der Waals surface area contributed by atoms with Gasteiger partial charge in [0.15, 0.2) is 115 Å². The number of fused-ring (bicyclic) bond motifs is 5. The quantitative estimate of drug-likeness (QED) is 0.0171. The van der Waals surface area contributed by atoms with Crippen molar-refractivity contribution in [3.8, 4) is 57.5 Å². The maximum atomic E-state index is 14.6. The molecular formula is C81H77AlCl3F5O25S5. The van der Waals surface area contributed by atoms with E-state index < -0.39 is 111 Å². The van der Waals surface area contributed by atoms with Gasteiger partial charge in [-0.25, -0.2) is 52.1 Å². The average Bonchev–Trinajstić information content (AvgIpc) is 1.60. The molecule has 10 aromatic rings. The number of hydrogen-bond acceptors (Lipinski definition) is 30. The molecule has 0 amide bonds. The summed E-state index contributed by atoms with van der Waals surface area (Å²) in [6, 6.07) is 14.6. The molecule has 5 aliphatic rings. The summed E-state index contributed by atoms with van der Waals surface area (Å²) in [5, 5.41) is 40.0. The molecule has 120 heavy (non-hydrogen) atoms. The van der Waals surface area contributed by atoms with E-state index in [9.17, 15) is 90.3 Å². The van der Waals surface area contributed by atoms with Gasteiger partial charge in [0.25, 0.3) is 0 Å². The van der Waals surface area contributed by atoms with Crippen molar-refractivity contribution < 1.29 is 142 Å². The standard InChI is InChI=1S/C17H17FO5S.4C16H15FO5S.Al.3ClH/c1-21-11-7-12-10(14(18)16(11)22-2)6-13(24-12)15(19)8-4-5-9(8)17(20)23-3;2*1-21-10-6-11-9(13(17)15(10)19)5-12(23-11)14(18)7-3-4-8(7)16(20)22-2;2*1-21-15-10(18)6-11-9(13(15)17)5-12(23-11)14(19)7-3-4-8(7)16(20)22-2;;;;/h6-9H,4-5H2,1-3H3;2*5-8,19H,3-4H2,1-2H3;2*5-8,18H,3-4H2,1-2H3;;3*1H/q;;;;;+3;;;/p-3/t8-,9-;4*7-,8-;;;;/m11111..../s1. The van der Waals surface area contributed by atoms with E-state index in [-0.39, 0.29) is 126 Å². The summed E-state index contributed by atoms with van der Waals surface area (Å²) in [6.07, 6.45) is 6.23. The van der Waals surface area contributed by atoms with Crippen molar-refractivity contribution in [1.29, 1.82) is 0 Å². The molecule has 10 atom stereocenters. The summed E-state index contributed by atoms with van der Waals surface area (Å²) in [4.78, 5) is 123. The number of aromatic hydroxyl groups is 4. The molecule has 5 aromatic heterocycles. The molecule has 5 fully saturated rings. The van der Waals surface area contributed by atoms with Gasteiger partial charge in [-0.1, -0.05) is 0 Å². The number of benzene rings is 5. The van der Waals surface area contributed by atoms with Crippen LogP contribution in [0.3, 0.4) is 0 Å². The first kappa shape index (κ1) is 92.9. The number of esters is 5. The summed E-state index contributed by atoms with van der Waals surface area (Å²) in [5.74, 6) is -12.5. The third-order valence-electron chi connectivity index (χ3n) is 21.5. The molecular weight excluding hydrogens is 1760 g/mol. The minimum absolute atomic E-state index is 0.0119. The highest BCUT2D eigenvalue weighted by atomic mass is 35.8. The molecule has 0 unspecified atom stereocenters. The number of ketones is 5. The van der Waals surface area contributed by atoms with Gasteiger partial charge in [0.05, 0.1) is 132 Å². The SMILES string of the molecule is COC(=O)[C@@H]1CC[C@H]1C(=O)c1cc2c(F)c(O)c(OC)cc2s1.COC(=O)[C@@H]1CC[C@H]1C(=O)c1cc2c(F)c(O)c(OC)cc2s1.COC(=O)[C@@H]1CC[C@H]1C(=O)c1cc2c(F)c(OC)c(O)cc2s1.COC(=O)[C@@H]1CC[C@H]1C(=O)c1cc2c(F)c(OC)c(O)cc2s1.COC(=O)[C@@H]1CC[C@H]1C(=O)c1cc2c(F)c(OC)c(OC)cc2s1.[Cl][Al]([Cl])[Cl]. The number of carbonyl (C=O) groups is 10. The number of methoxy groups -OCH3 is 11. The monoisotopic (exact) mass is 1840 g/mol. The van der Waals surface area contributed by atoms with Crippen LogP contribution >= 0.6 is 86.8 Å². The molecule has 0 radical (unpaired) electrons. The van der Waals surface area contributed by atoms with Gasteiger partial charge in [-0.2, -0.15) is 0 Å². The fourth-order valence-electron chi connectivity index (χ4n) is 14.3. The lowest BCUT2D eigenvalue weighted by molar-refractivity contribution is -0.151. The number of carbonyl (C=O) groups excluding carboxylic acids is 10. The van der Waals surface area contributed by atoms with E-state index in [0.29, 0.717) is 117 Å². The predicted molar refractivity (Wildman–Crippen MR) is 441 cm³/mol. The molecule has 39 heteroatoms. The van der Waals surface area contributed by atoms with Crippen LogP contribution in [-0.4, -0.2) is 169 Å². The fraction of sp³-hybridized carbons (Fsp3) is 0.383. The average molecular weight is 1840 g/mol. The third kappa shape index (κ3) is 19.0. The Hall–Kier alpha value is -9.35. The number of Topliss-reactive ketones (excluding diaryl/α,β-unsaturated/α-hetero) is 5. The molecule has 15 rings (SSSR count). The van der Waals surface area contributed by atoms with Crippen LogP contribution in [0.25, 0.3) is 50.4 Å². The molecule has 0 saturated heterocycles. The Balaban J connectivity index is 0.000000156. The minimum atomic E-state index is -1.72. The lowest BCUT2D eigenvalue weighted by Gasteiger charge is -2.32. The van der Waals surface area contributed by atoms with Gasteiger partial charge in [0.1, 0.15) is 0 Å². The van der Waals surface area contributed by atoms with Gasteiger partial charge in [-0.15, -0.1) is 56.7 Å². The van der Waals surface area contributed by atoms with E-state index in [4.69, 9.17) is 82.3 Å². The van der Waals surface area contributed by atoms with E-state index >= 15 is 0 Å². The van der Waals surface area contributed by atoms with Crippen molar-refractivity contribution in [2.45, 2.75) is 64.2 Å². The molecule has 0 spiro atoms. The summed E-state index contributed by atoms with van der Waals surface area (Å²) in [7, 11) is 29.3. The normalized spacial score (nSPS) is 19.6. The van der Waals surface area contributed by atoms with E-state index in [1.54, 1.807) is 6.07 Å². The van der Waals surface area contributed by atoms with Crippen LogP contribution in [0.5, 0.6) is 57.5 Å². The first-order valence-electron chi connectivity index (χ1n) is 36.5. The lowest BCUT2D eigenvalue weighted by Crippen LogP contribution is -2.38. The Morgan fingerprint density at radius 1 is 0.292 bits per heavy atom. The highest BCUT2D eigenvalue weighted by molar-refractivity contribution is 7.54. The van der Waals surface area contributed by atoms with E-state index in [2.05, 4.69) is 0 Å². The molecule has 5 aliphatic carbocycles. The molecule has 0 bridgehead atoms. The van der Waals surface area contributed by atoms with Gasteiger partial charge in [0.2, 0.25) is 0 Å². The zero-order valence-corrected chi connectivity index (χ0v) is 73.1. The van der Waals surface area contributed by atoms with Crippen molar-refractivity contribution in [3.05, 3.63) is 114 Å². The third-order valence-corrected chi connectivity index (χ3v) is 27.0. The minimum Gasteiger partial charge on any atom is -0.504 e. The number of halogens is 8. The van der Waals surface area contributed by atoms with Gasteiger partial charge in [-0.05, 0) is 94.5 Å². The smallest absolute Gasteiger partial charge is 0.504 e. The Morgan fingerprint density at radius 3 is 0.675 bits per heavy atom. The Morgan fingerprint density at radius 2 is 0.483 bits per heavy atom. The Kier molecular flexibility index (Phi) is 31.1. The number of rotatable bonds is 21. The number of ether oxygens (including phenoxy) is 11. The van der Waals surface area contributed by atoms with Gasteiger partial charge >= 0.3 is 41.2 Å². The number of phenolic OH excluding ortho intramolecular Hbond substituents is 4. The molecule has 4 N–H and O–H groups in total. The predicted octanol–water partition coefficient (Wildman–Crippen LogP) is 17.7. The molecule has 640 valence electrons. The van der Waals surface area contributed by atoms with Crippen LogP contribution in [-0.2, 0) is 47.7 Å². The molecule has 25 nitrogen and oxygen atoms in total. The fourth-order valence-corrected chi connectivity index (χ4v) is 19.8. The number of thiophene rings is 5. The Labute approximate surface area is 717 Å². The highest BCUT2D eigenvalue weighted by Crippen LogP contribution is 2.50. The zero-order chi connectivity index (χ0) is 87.9. The molecule has 5 heterocycles. The van der Waals surface area contributed by atoms with Gasteiger partial charge in [-0.3, -0.25) is 47.9 Å². The van der Waals surface area contributed by atoms with Crippen molar-refractivity contribution in [3.63, 3.8) is 0 Å². The lowest BCUT2D eigenvalue weighted by atomic mass is 9.71. The van der Waals surface area contributed by atoms with Crippen molar-refractivity contribution in [2.24, 2.45) is 59.2 Å². The zero-order valence-electron chi connectivity index (χ0n) is 65.6. The van der Waals surface area contributed by atoms with Crippen molar-refractivity contribution in [2.75, 3.05) is 78.2 Å². The van der Waals surface area contributed by atoms with Crippen molar-refractivity contribution >= 4 is 207 Å². The highest BCUT2D eigenvalue weighted by Gasteiger charge is 2.48. The van der Waals surface area contributed by atoms with Crippen LogP contribution < -0.4 is 28.4 Å². The first-order chi connectivity index (χ1) is 57.1. The van der Waals surface area contributed by atoms with Gasteiger partial charge in [0, 0.05) is 110 Å². The van der Waals surface area contributed by atoms with Crippen LogP contribution in [0.4, 0.5) is 22.0 Å². The first-order valence-corrected chi connectivity index (χ1v) is 45.8. The maximum absolute atomic E-state index is 14.6. The summed E-state index contributed by atoms with van der Waals surface area (Å²) in [5.41, 5.74) is 0. The largest absolute Gasteiger partial charge is 0.643 e. The topological polar surface area (TPSA) is 353 Å². The summed E-state index contributed by atoms with van der Waals surface area (Å²) >= 11 is 3.90. The van der Waals surface area contributed by atoms with E-state index in [1.165, 1.54) is 144 Å². The van der Waals surface area contributed by atoms with Crippen LogP contribution in [0.1, 0.15) is 113 Å². The van der Waals surface area contributed by atoms with Crippen molar-refractivity contribution in [1.82, 2.24) is 0 Å². The van der Waals surface area contributed by atoms with Crippen LogP contribution in [0, 0.1) is 88.3 Å². The summed E-state index contributed by atoms with van der Waals surface area (Å²) < 4.78 is 127. The maximum Gasteiger partial charge on any atom is 0.643 e. The molecule has 5 saturated carbocycles. The second-order valence-electron chi connectivity index (χ2n) is 27.6. The second kappa shape index (κ2) is 40.1. The van der Waals surface area contributed by atoms with Crippen LogP contribution in [0.15, 0.2) is 60.7 Å². The van der Waals surface area contributed by atoms with Gasteiger partial charge < -0.3 is 72.5 Å². The molecule has 0 aliphatic heterocycles. The van der Waals surface area contributed by atoms with Crippen LogP contribution in [0.2, 0.25) is 0 Å². The summed E-state index contributed by atoms with van der Waals surface area (Å²) in [6.45, 7) is 0. The number of phenols is 4.